The minimum Gasteiger partial charge on any atom is -0.372 e. The lowest BCUT2D eigenvalue weighted by atomic mass is 9.97. The van der Waals surface area contributed by atoms with Crippen molar-refractivity contribution < 1.29 is 22.3 Å². The molecule has 1 aliphatic heterocycles. The first-order valence-corrected chi connectivity index (χ1v) is 8.04. The molecule has 0 bridgehead atoms. The van der Waals surface area contributed by atoms with Crippen molar-refractivity contribution in [2.45, 2.75) is 37.7 Å². The Morgan fingerprint density at radius 3 is 2.84 bits per heavy atom. The van der Waals surface area contributed by atoms with Gasteiger partial charge in [-0.3, -0.25) is 4.68 Å². The molecule has 4 nitrogen and oxygen atoms in total. The van der Waals surface area contributed by atoms with Gasteiger partial charge in [-0.05, 0) is 30.5 Å². The van der Waals surface area contributed by atoms with Gasteiger partial charge in [-0.1, -0.05) is 6.07 Å². The summed E-state index contributed by atoms with van der Waals surface area (Å²) in [7, 11) is 1.79. The van der Waals surface area contributed by atoms with Gasteiger partial charge in [-0.25, -0.2) is 4.39 Å². The van der Waals surface area contributed by atoms with Crippen LogP contribution in [0.3, 0.4) is 0 Å². The second kappa shape index (κ2) is 7.13. The van der Waals surface area contributed by atoms with Crippen LogP contribution in [0.25, 0.3) is 0 Å². The molecule has 0 aliphatic carbocycles. The van der Waals surface area contributed by atoms with Crippen molar-refractivity contribution >= 4 is 0 Å². The SMILES string of the molecule is Cn1cc([C@H]2OCCC[C@@H]2NCc2ccc(F)cc2C(F)(F)F)cn1. The van der Waals surface area contributed by atoms with Crippen LogP contribution in [0.1, 0.15) is 35.6 Å². The lowest BCUT2D eigenvalue weighted by Gasteiger charge is -2.32. The molecule has 25 heavy (non-hydrogen) atoms. The molecule has 3 rings (SSSR count). The molecular formula is C17H19F4N3O. The number of aromatic nitrogens is 2. The largest absolute Gasteiger partial charge is 0.416 e. The number of halogens is 4. The molecule has 0 spiro atoms. The second-order valence-corrected chi connectivity index (χ2v) is 6.17. The predicted molar refractivity (Wildman–Crippen MR) is 83.2 cm³/mol. The maximum absolute atomic E-state index is 13.2. The predicted octanol–water partition coefficient (Wildman–Crippen LogP) is 3.59. The summed E-state index contributed by atoms with van der Waals surface area (Å²) in [6.07, 6.45) is 0.280. The highest BCUT2D eigenvalue weighted by atomic mass is 19.4. The Morgan fingerprint density at radius 1 is 1.36 bits per heavy atom. The number of alkyl halides is 3. The molecule has 0 saturated carbocycles. The smallest absolute Gasteiger partial charge is 0.372 e. The summed E-state index contributed by atoms with van der Waals surface area (Å²) in [6, 6.07) is 2.62. The quantitative estimate of drug-likeness (QED) is 0.850. The fourth-order valence-electron chi connectivity index (χ4n) is 3.11. The molecule has 1 aromatic carbocycles. The van der Waals surface area contributed by atoms with E-state index >= 15 is 0 Å². The molecule has 0 radical (unpaired) electrons. The van der Waals surface area contributed by atoms with Crippen molar-refractivity contribution in [3.63, 3.8) is 0 Å². The molecular weight excluding hydrogens is 338 g/mol. The molecule has 0 unspecified atom stereocenters. The van der Waals surface area contributed by atoms with Gasteiger partial charge in [0.2, 0.25) is 0 Å². The molecule has 1 N–H and O–H groups in total. The summed E-state index contributed by atoms with van der Waals surface area (Å²) >= 11 is 0. The van der Waals surface area contributed by atoms with Gasteiger partial charge in [-0.2, -0.15) is 18.3 Å². The first-order valence-electron chi connectivity index (χ1n) is 8.04. The van der Waals surface area contributed by atoms with Crippen LogP contribution < -0.4 is 5.32 Å². The molecule has 1 saturated heterocycles. The second-order valence-electron chi connectivity index (χ2n) is 6.17. The van der Waals surface area contributed by atoms with Crippen LogP contribution in [0.2, 0.25) is 0 Å². The summed E-state index contributed by atoms with van der Waals surface area (Å²) in [6.45, 7) is 0.585. The summed E-state index contributed by atoms with van der Waals surface area (Å²) in [5.74, 6) is -0.898. The third-order valence-electron chi connectivity index (χ3n) is 4.31. The molecule has 1 aliphatic rings. The zero-order chi connectivity index (χ0) is 18.0. The van der Waals surface area contributed by atoms with E-state index in [2.05, 4.69) is 10.4 Å². The van der Waals surface area contributed by atoms with E-state index in [0.29, 0.717) is 12.7 Å². The van der Waals surface area contributed by atoms with E-state index in [1.807, 2.05) is 6.20 Å². The first kappa shape index (κ1) is 17.9. The van der Waals surface area contributed by atoms with Crippen molar-refractivity contribution in [1.82, 2.24) is 15.1 Å². The average Bonchev–Trinajstić information content (AvgIpc) is 2.99. The Hall–Kier alpha value is -1.93. The molecule has 2 aromatic rings. The number of nitrogens with zero attached hydrogens (tertiary/aromatic N) is 2. The van der Waals surface area contributed by atoms with E-state index in [9.17, 15) is 17.6 Å². The number of benzene rings is 1. The third-order valence-corrected chi connectivity index (χ3v) is 4.31. The third kappa shape index (κ3) is 4.19. The highest BCUT2D eigenvalue weighted by Gasteiger charge is 2.34. The zero-order valence-electron chi connectivity index (χ0n) is 13.7. The highest BCUT2D eigenvalue weighted by Crippen LogP contribution is 2.33. The molecule has 136 valence electrons. The van der Waals surface area contributed by atoms with Crippen molar-refractivity contribution in [2.75, 3.05) is 6.61 Å². The molecule has 8 heteroatoms. The van der Waals surface area contributed by atoms with E-state index in [1.165, 1.54) is 6.07 Å². The van der Waals surface area contributed by atoms with Crippen molar-refractivity contribution in [1.29, 1.82) is 0 Å². The highest BCUT2D eigenvalue weighted by molar-refractivity contribution is 5.30. The van der Waals surface area contributed by atoms with Gasteiger partial charge in [0.05, 0.1) is 11.8 Å². The van der Waals surface area contributed by atoms with E-state index in [-0.39, 0.29) is 24.3 Å². The van der Waals surface area contributed by atoms with Gasteiger partial charge in [0.1, 0.15) is 11.9 Å². The van der Waals surface area contributed by atoms with Crippen molar-refractivity contribution in [2.24, 2.45) is 7.05 Å². The van der Waals surface area contributed by atoms with Crippen LogP contribution >= 0.6 is 0 Å². The Morgan fingerprint density at radius 2 is 2.16 bits per heavy atom. The summed E-state index contributed by atoms with van der Waals surface area (Å²) in [5.41, 5.74) is -0.0473. The van der Waals surface area contributed by atoms with Gasteiger partial charge in [-0.15, -0.1) is 0 Å². The lowest BCUT2D eigenvalue weighted by molar-refractivity contribution is -0.138. The van der Waals surface area contributed by atoms with Gasteiger partial charge >= 0.3 is 6.18 Å². The fraction of sp³-hybridized carbons (Fsp3) is 0.471. The normalized spacial score (nSPS) is 21.5. The first-order chi connectivity index (χ1) is 11.8. The van der Waals surface area contributed by atoms with E-state index in [1.54, 1.807) is 17.9 Å². The lowest BCUT2D eigenvalue weighted by Crippen LogP contribution is -2.39. The molecule has 2 heterocycles. The Bertz CT molecular complexity index is 729. The Balaban J connectivity index is 1.76. The maximum Gasteiger partial charge on any atom is 0.416 e. The maximum atomic E-state index is 13.2. The van der Waals surface area contributed by atoms with E-state index in [0.717, 1.165) is 24.5 Å². The minimum absolute atomic E-state index is 0.0140. The number of nitrogens with one attached hydrogen (secondary N) is 1. The summed E-state index contributed by atoms with van der Waals surface area (Å²) in [5, 5.41) is 7.26. The van der Waals surface area contributed by atoms with Crippen molar-refractivity contribution in [3.05, 3.63) is 53.1 Å². The molecule has 1 fully saturated rings. The standard InChI is InChI=1S/C17H19F4N3O/c1-24-10-12(9-23-24)16-15(3-2-6-25-16)22-8-11-4-5-13(18)7-14(11)17(19,20)21/h4-5,7,9-10,15-16,22H,2-3,6,8H2,1H3/t15-,16+/m0/s1. The number of hydrogen-bond donors (Lipinski definition) is 1. The molecule has 1 aromatic heterocycles. The topological polar surface area (TPSA) is 39.1 Å². The molecule has 2 atom stereocenters. The number of rotatable bonds is 4. The fourth-order valence-corrected chi connectivity index (χ4v) is 3.11. The van der Waals surface area contributed by atoms with Crippen LogP contribution in [0.4, 0.5) is 17.6 Å². The van der Waals surface area contributed by atoms with E-state index in [4.69, 9.17) is 4.74 Å². The van der Waals surface area contributed by atoms with Crippen LogP contribution in [0.15, 0.2) is 30.6 Å². The van der Waals surface area contributed by atoms with Gasteiger partial charge in [0, 0.05) is 38.0 Å². The monoisotopic (exact) mass is 357 g/mol. The Kier molecular flexibility index (Phi) is 5.10. The van der Waals surface area contributed by atoms with Crippen LogP contribution in [0, 0.1) is 5.82 Å². The number of ether oxygens (including phenoxy) is 1. The summed E-state index contributed by atoms with van der Waals surface area (Å²) < 4.78 is 60.0. The number of aryl methyl sites for hydroxylation is 1. The van der Waals surface area contributed by atoms with Crippen LogP contribution in [-0.2, 0) is 24.5 Å². The van der Waals surface area contributed by atoms with Crippen LogP contribution in [0.5, 0.6) is 0 Å². The van der Waals surface area contributed by atoms with E-state index < -0.39 is 17.6 Å². The zero-order valence-corrected chi connectivity index (χ0v) is 13.7. The van der Waals surface area contributed by atoms with Crippen molar-refractivity contribution in [3.8, 4) is 0 Å². The van der Waals surface area contributed by atoms with Gasteiger partial charge in [0.25, 0.3) is 0 Å². The molecule has 0 amide bonds. The number of hydrogen-bond acceptors (Lipinski definition) is 3. The van der Waals surface area contributed by atoms with Gasteiger partial charge in [0.15, 0.2) is 0 Å². The Labute approximate surface area is 142 Å². The van der Waals surface area contributed by atoms with Gasteiger partial charge < -0.3 is 10.1 Å². The average molecular weight is 357 g/mol. The van der Waals surface area contributed by atoms with Crippen LogP contribution in [-0.4, -0.2) is 22.4 Å². The minimum atomic E-state index is -4.59. The summed E-state index contributed by atoms with van der Waals surface area (Å²) in [4.78, 5) is 0.